The minimum absolute atomic E-state index is 0.0662. The van der Waals surface area contributed by atoms with E-state index < -0.39 is 6.09 Å². The minimum Gasteiger partial charge on any atom is -0.450 e. The molecule has 0 heterocycles. The second-order valence-electron chi connectivity index (χ2n) is 3.74. The van der Waals surface area contributed by atoms with Crippen LogP contribution < -0.4 is 21.5 Å². The highest BCUT2D eigenvalue weighted by Crippen LogP contribution is 2.07. The van der Waals surface area contributed by atoms with Crippen LogP contribution in [0.4, 0.5) is 10.5 Å². The second-order valence-corrected chi connectivity index (χ2v) is 4.56. The molecule has 0 fully saturated rings. The summed E-state index contributed by atoms with van der Waals surface area (Å²) in [6.45, 7) is 3.98. The van der Waals surface area contributed by atoms with E-state index in [-0.39, 0.29) is 11.7 Å². The maximum Gasteiger partial charge on any atom is 0.413 e. The van der Waals surface area contributed by atoms with Crippen molar-refractivity contribution in [2.24, 2.45) is 0 Å². The fourth-order valence-corrected chi connectivity index (χ4v) is 1.51. The fourth-order valence-electron chi connectivity index (χ4n) is 1.20. The zero-order valence-corrected chi connectivity index (χ0v) is 12.8. The number of amides is 1. The van der Waals surface area contributed by atoms with Crippen molar-refractivity contribution in [1.82, 2.24) is 16.2 Å². The molecule has 8 heteroatoms. The van der Waals surface area contributed by atoms with Gasteiger partial charge >= 0.3 is 6.09 Å². The molecular weight excluding hydrogens is 296 g/mol. The van der Waals surface area contributed by atoms with Gasteiger partial charge in [0.15, 0.2) is 10.2 Å². The maximum absolute atomic E-state index is 11.1. The normalized spacial score (nSPS) is 9.30. The van der Waals surface area contributed by atoms with Crippen LogP contribution in [0.1, 0.15) is 12.5 Å². The second kappa shape index (κ2) is 8.28. The smallest absolute Gasteiger partial charge is 0.413 e. The van der Waals surface area contributed by atoms with Crippen molar-refractivity contribution >= 4 is 46.4 Å². The van der Waals surface area contributed by atoms with Crippen LogP contribution in [0.5, 0.6) is 0 Å². The molecule has 0 aromatic heterocycles. The van der Waals surface area contributed by atoms with Gasteiger partial charge in [-0.2, -0.15) is 0 Å². The Hall–Kier alpha value is -1.93. The van der Waals surface area contributed by atoms with Gasteiger partial charge in [0.05, 0.1) is 6.61 Å². The fraction of sp³-hybridized carbons (Fsp3) is 0.250. The third kappa shape index (κ3) is 6.30. The largest absolute Gasteiger partial charge is 0.450 e. The Balaban J connectivity index is 2.31. The van der Waals surface area contributed by atoms with Crippen molar-refractivity contribution in [1.29, 1.82) is 0 Å². The van der Waals surface area contributed by atoms with Gasteiger partial charge in [0.25, 0.3) is 0 Å². The van der Waals surface area contributed by atoms with Crippen LogP contribution >= 0.6 is 24.4 Å². The molecule has 0 aliphatic heterocycles. The van der Waals surface area contributed by atoms with E-state index in [0.717, 1.165) is 11.3 Å². The summed E-state index contributed by atoms with van der Waals surface area (Å²) in [6, 6.07) is 7.73. The summed E-state index contributed by atoms with van der Waals surface area (Å²) in [7, 11) is 0. The Morgan fingerprint density at radius 3 is 2.35 bits per heavy atom. The third-order valence-corrected chi connectivity index (χ3v) is 2.50. The molecule has 4 N–H and O–H groups in total. The van der Waals surface area contributed by atoms with Crippen LogP contribution in [0.15, 0.2) is 24.3 Å². The summed E-state index contributed by atoms with van der Waals surface area (Å²) < 4.78 is 4.67. The molecule has 0 saturated heterocycles. The number of benzene rings is 1. The Bertz CT molecular complexity index is 491. The molecule has 0 spiro atoms. The van der Waals surface area contributed by atoms with Crippen molar-refractivity contribution in [3.05, 3.63) is 29.8 Å². The van der Waals surface area contributed by atoms with Gasteiger partial charge in [-0.25, -0.2) is 4.79 Å². The van der Waals surface area contributed by atoms with Crippen LogP contribution in [0.2, 0.25) is 0 Å². The van der Waals surface area contributed by atoms with Crippen LogP contribution in [0, 0.1) is 6.92 Å². The molecular formula is C12H16N4O2S2. The lowest BCUT2D eigenvalue weighted by atomic mass is 10.2. The summed E-state index contributed by atoms with van der Waals surface area (Å²) in [6.07, 6.45) is -0.621. The van der Waals surface area contributed by atoms with Gasteiger partial charge in [0.2, 0.25) is 0 Å². The van der Waals surface area contributed by atoms with E-state index in [9.17, 15) is 4.79 Å². The number of hydrogen-bond donors (Lipinski definition) is 4. The van der Waals surface area contributed by atoms with Gasteiger partial charge in [0.1, 0.15) is 0 Å². The van der Waals surface area contributed by atoms with Crippen LogP contribution in [-0.4, -0.2) is 22.9 Å². The van der Waals surface area contributed by atoms with Crippen molar-refractivity contribution in [2.45, 2.75) is 13.8 Å². The monoisotopic (exact) mass is 312 g/mol. The summed E-state index contributed by atoms with van der Waals surface area (Å²) >= 11 is 9.94. The van der Waals surface area contributed by atoms with Gasteiger partial charge in [-0.15, -0.1) is 0 Å². The van der Waals surface area contributed by atoms with E-state index in [1.54, 1.807) is 6.92 Å². The first-order valence-electron chi connectivity index (χ1n) is 5.88. The van der Waals surface area contributed by atoms with E-state index in [0.29, 0.717) is 5.11 Å². The lowest BCUT2D eigenvalue weighted by Gasteiger charge is -2.13. The Morgan fingerprint density at radius 1 is 1.15 bits per heavy atom. The lowest BCUT2D eigenvalue weighted by molar-refractivity contribution is 0.157. The van der Waals surface area contributed by atoms with Crippen LogP contribution in [0.3, 0.4) is 0 Å². The van der Waals surface area contributed by atoms with E-state index in [4.69, 9.17) is 24.4 Å². The highest BCUT2D eigenvalue weighted by atomic mass is 32.1. The minimum atomic E-state index is -0.621. The molecule has 0 unspecified atom stereocenters. The molecule has 1 aromatic carbocycles. The number of alkyl carbamates (subject to hydrolysis) is 1. The molecule has 0 saturated carbocycles. The number of ether oxygens (including phenoxy) is 1. The number of carbonyl (C=O) groups excluding carboxylic acids is 1. The summed E-state index contributed by atoms with van der Waals surface area (Å²) in [5, 5.41) is 5.66. The van der Waals surface area contributed by atoms with Gasteiger partial charge in [-0.05, 0) is 50.4 Å². The summed E-state index contributed by atoms with van der Waals surface area (Å²) in [5.74, 6) is 0. The van der Waals surface area contributed by atoms with Crippen molar-refractivity contribution < 1.29 is 9.53 Å². The number of anilines is 1. The van der Waals surface area contributed by atoms with Crippen LogP contribution in [-0.2, 0) is 4.74 Å². The van der Waals surface area contributed by atoms with Gasteiger partial charge in [0, 0.05) is 5.69 Å². The predicted molar refractivity (Wildman–Crippen MR) is 86.4 cm³/mol. The molecule has 0 radical (unpaired) electrons. The van der Waals surface area contributed by atoms with Gasteiger partial charge in [-0.3, -0.25) is 16.2 Å². The molecule has 0 aliphatic carbocycles. The molecule has 1 amide bonds. The number of aryl methyl sites for hydroxylation is 1. The highest BCUT2D eigenvalue weighted by Gasteiger charge is 2.04. The number of hydrogen-bond acceptors (Lipinski definition) is 4. The predicted octanol–water partition coefficient (Wildman–Crippen LogP) is 1.82. The zero-order chi connectivity index (χ0) is 15.0. The van der Waals surface area contributed by atoms with Crippen molar-refractivity contribution in [3.63, 3.8) is 0 Å². The Morgan fingerprint density at radius 2 is 1.75 bits per heavy atom. The lowest BCUT2D eigenvalue weighted by Crippen LogP contribution is -2.49. The number of nitrogens with one attached hydrogen (secondary N) is 4. The average Bonchev–Trinajstić information content (AvgIpc) is 2.39. The number of hydrazine groups is 1. The molecule has 0 bridgehead atoms. The van der Waals surface area contributed by atoms with E-state index in [1.165, 1.54) is 0 Å². The number of rotatable bonds is 2. The van der Waals surface area contributed by atoms with E-state index in [2.05, 4.69) is 26.2 Å². The molecule has 20 heavy (non-hydrogen) atoms. The van der Waals surface area contributed by atoms with E-state index in [1.807, 2.05) is 31.2 Å². The summed E-state index contributed by atoms with van der Waals surface area (Å²) in [5.41, 5.74) is 7.23. The molecule has 0 atom stereocenters. The summed E-state index contributed by atoms with van der Waals surface area (Å²) in [4.78, 5) is 11.1. The van der Waals surface area contributed by atoms with Gasteiger partial charge in [-0.1, -0.05) is 17.7 Å². The molecule has 6 nitrogen and oxygen atoms in total. The first kappa shape index (κ1) is 16.1. The topological polar surface area (TPSA) is 74.4 Å². The van der Waals surface area contributed by atoms with Gasteiger partial charge < -0.3 is 10.1 Å². The third-order valence-electron chi connectivity index (χ3n) is 2.09. The number of thiocarbonyl (C=S) groups is 2. The number of carbonyl (C=O) groups is 1. The molecule has 108 valence electrons. The Labute approximate surface area is 128 Å². The standard InChI is InChI=1S/C12H16N4O2S2/c1-3-18-12(17)14-11(20)16-15-10(19)13-9-6-4-8(2)5-7-9/h4-7H,3H2,1-2H3,(H2,13,15,19)(H2,14,16,17,20). The average molecular weight is 312 g/mol. The molecule has 1 rings (SSSR count). The van der Waals surface area contributed by atoms with E-state index >= 15 is 0 Å². The SMILES string of the molecule is CCOC(=O)NC(=S)NNC(=S)Nc1ccc(C)cc1. The van der Waals surface area contributed by atoms with Crippen LogP contribution in [0.25, 0.3) is 0 Å². The maximum atomic E-state index is 11.1. The first-order chi connectivity index (χ1) is 9.51. The zero-order valence-electron chi connectivity index (χ0n) is 11.1. The van der Waals surface area contributed by atoms with Crippen molar-refractivity contribution in [3.8, 4) is 0 Å². The quantitative estimate of drug-likeness (QED) is 0.490. The molecule has 1 aromatic rings. The first-order valence-corrected chi connectivity index (χ1v) is 6.70. The Kier molecular flexibility index (Phi) is 6.68. The highest BCUT2D eigenvalue weighted by molar-refractivity contribution is 7.80. The molecule has 0 aliphatic rings. The van der Waals surface area contributed by atoms with Crippen molar-refractivity contribution in [2.75, 3.05) is 11.9 Å².